The second-order valence-corrected chi connectivity index (χ2v) is 11.4. The molecule has 0 fully saturated rings. The van der Waals surface area contributed by atoms with E-state index in [1.54, 1.807) is 17.4 Å². The number of fused-ring (bicyclic) bond motifs is 6. The summed E-state index contributed by atoms with van der Waals surface area (Å²) in [6.07, 6.45) is 0. The highest BCUT2D eigenvalue weighted by Gasteiger charge is 2.19. The number of hydrogen-bond donors (Lipinski definition) is 0. The lowest BCUT2D eigenvalue weighted by molar-refractivity contribution is 0.670. The van der Waals surface area contributed by atoms with Gasteiger partial charge in [0.1, 0.15) is 11.2 Å². The van der Waals surface area contributed by atoms with Crippen LogP contribution >= 0.6 is 11.3 Å². The van der Waals surface area contributed by atoms with Crippen LogP contribution in [-0.4, -0.2) is 0 Å². The molecule has 0 amide bonds. The van der Waals surface area contributed by atoms with E-state index in [0.29, 0.717) is 11.1 Å². The van der Waals surface area contributed by atoms with Gasteiger partial charge in [-0.2, -0.15) is 10.5 Å². The lowest BCUT2D eigenvalue weighted by atomic mass is 9.87. The van der Waals surface area contributed by atoms with Gasteiger partial charge in [-0.25, -0.2) is 0 Å². The third-order valence-corrected chi connectivity index (χ3v) is 9.12. The fraction of sp³-hybridized carbons (Fsp3) is 0. The molecule has 2 heterocycles. The van der Waals surface area contributed by atoms with E-state index in [1.807, 2.05) is 48.5 Å². The van der Waals surface area contributed by atoms with Crippen molar-refractivity contribution >= 4 is 53.4 Å². The number of furan rings is 1. The van der Waals surface area contributed by atoms with Crippen molar-refractivity contribution in [1.29, 1.82) is 10.5 Å². The number of para-hydroxylation sites is 1. The van der Waals surface area contributed by atoms with Gasteiger partial charge in [-0.05, 0) is 64.7 Å². The highest BCUT2D eigenvalue weighted by Crippen LogP contribution is 2.45. The molecule has 4 heteroatoms. The van der Waals surface area contributed by atoms with Gasteiger partial charge < -0.3 is 4.42 Å². The summed E-state index contributed by atoms with van der Waals surface area (Å²) in [5, 5.41) is 23.9. The Hall–Kier alpha value is -5.68. The van der Waals surface area contributed by atoms with Crippen molar-refractivity contribution < 1.29 is 4.42 Å². The average Bonchev–Trinajstić information content (AvgIpc) is 3.62. The second kappa shape index (κ2) is 9.46. The molecule has 0 atom stereocenters. The van der Waals surface area contributed by atoms with E-state index >= 15 is 0 Å². The lowest BCUT2D eigenvalue weighted by Gasteiger charge is -2.15. The smallest absolute Gasteiger partial charge is 0.143 e. The number of benzene rings is 6. The third kappa shape index (κ3) is 3.64. The van der Waals surface area contributed by atoms with Crippen molar-refractivity contribution in [2.24, 2.45) is 0 Å². The predicted octanol–water partition coefficient (Wildman–Crippen LogP) is 10.7. The van der Waals surface area contributed by atoms with Gasteiger partial charge in [0.05, 0.1) is 23.3 Å². The van der Waals surface area contributed by atoms with Crippen LogP contribution in [0.2, 0.25) is 0 Å². The minimum Gasteiger partial charge on any atom is -0.455 e. The van der Waals surface area contributed by atoms with Crippen LogP contribution in [0.3, 0.4) is 0 Å². The van der Waals surface area contributed by atoms with Crippen LogP contribution < -0.4 is 0 Å². The normalized spacial score (nSPS) is 11.3. The number of hydrogen-bond acceptors (Lipinski definition) is 4. The molecular weight excluding hydrogens is 532 g/mol. The molecule has 0 saturated carbocycles. The number of thiophene rings is 1. The SMILES string of the molecule is N#Cc1ccc2oc3c(-c4ccc(-c5cccc6sc7ccccc7c56)c(-c5ccccc5C#N)c4)cccc3c2c1. The molecule has 8 rings (SSSR count). The minimum absolute atomic E-state index is 0.602. The first-order chi connectivity index (χ1) is 20.7. The maximum absolute atomic E-state index is 10.1. The van der Waals surface area contributed by atoms with Crippen LogP contribution in [-0.2, 0) is 0 Å². The van der Waals surface area contributed by atoms with Crippen LogP contribution in [0.15, 0.2) is 126 Å². The van der Waals surface area contributed by atoms with Gasteiger partial charge in [-0.3, -0.25) is 0 Å². The molecule has 8 aromatic rings. The Labute approximate surface area is 245 Å². The molecule has 0 radical (unpaired) electrons. The Morgan fingerprint density at radius 1 is 0.524 bits per heavy atom. The van der Waals surface area contributed by atoms with Gasteiger partial charge in [0, 0.05) is 42.1 Å². The molecule has 2 aromatic heterocycles. The van der Waals surface area contributed by atoms with Crippen LogP contribution in [0.4, 0.5) is 0 Å². The van der Waals surface area contributed by atoms with Gasteiger partial charge in [0.2, 0.25) is 0 Å². The van der Waals surface area contributed by atoms with Crippen molar-refractivity contribution in [3.8, 4) is 45.5 Å². The van der Waals surface area contributed by atoms with E-state index in [9.17, 15) is 10.5 Å². The summed E-state index contributed by atoms with van der Waals surface area (Å²) in [5.74, 6) is 0. The number of nitrogens with zero attached hydrogens (tertiary/aromatic N) is 2. The molecule has 0 aliphatic carbocycles. The first-order valence-electron chi connectivity index (χ1n) is 13.6. The molecule has 3 nitrogen and oxygen atoms in total. The molecule has 0 N–H and O–H groups in total. The zero-order chi connectivity index (χ0) is 28.2. The van der Waals surface area contributed by atoms with Crippen molar-refractivity contribution in [1.82, 2.24) is 0 Å². The van der Waals surface area contributed by atoms with Crippen molar-refractivity contribution in [3.05, 3.63) is 132 Å². The van der Waals surface area contributed by atoms with E-state index in [2.05, 4.69) is 78.9 Å². The maximum Gasteiger partial charge on any atom is 0.143 e. The first-order valence-corrected chi connectivity index (χ1v) is 14.4. The molecule has 0 spiro atoms. The minimum atomic E-state index is 0.602. The zero-order valence-electron chi connectivity index (χ0n) is 22.3. The Bertz CT molecular complexity index is 2450. The van der Waals surface area contributed by atoms with Crippen molar-refractivity contribution in [3.63, 3.8) is 0 Å². The summed E-state index contributed by atoms with van der Waals surface area (Å²) < 4.78 is 8.87. The quantitative estimate of drug-likeness (QED) is 0.219. The summed E-state index contributed by atoms with van der Waals surface area (Å²) in [6.45, 7) is 0. The van der Waals surface area contributed by atoms with Gasteiger partial charge >= 0.3 is 0 Å². The molecule has 0 aliphatic heterocycles. The largest absolute Gasteiger partial charge is 0.455 e. The third-order valence-electron chi connectivity index (χ3n) is 7.99. The fourth-order valence-electron chi connectivity index (χ4n) is 6.08. The summed E-state index contributed by atoms with van der Waals surface area (Å²) in [5.41, 5.74) is 8.82. The van der Waals surface area contributed by atoms with E-state index in [1.165, 1.54) is 20.2 Å². The van der Waals surface area contributed by atoms with E-state index in [-0.39, 0.29) is 0 Å². The second-order valence-electron chi connectivity index (χ2n) is 10.3. The molecule has 0 saturated heterocycles. The van der Waals surface area contributed by atoms with Crippen LogP contribution in [0, 0.1) is 22.7 Å². The molecule has 0 bridgehead atoms. The lowest BCUT2D eigenvalue weighted by Crippen LogP contribution is -1.91. The molecular formula is C38H20N2OS. The van der Waals surface area contributed by atoms with Crippen LogP contribution in [0.1, 0.15) is 11.1 Å². The van der Waals surface area contributed by atoms with Crippen molar-refractivity contribution in [2.45, 2.75) is 0 Å². The molecule has 0 unspecified atom stereocenters. The number of nitriles is 2. The molecule has 42 heavy (non-hydrogen) atoms. The van der Waals surface area contributed by atoms with Gasteiger partial charge in [-0.1, -0.05) is 78.9 Å². The Balaban J connectivity index is 1.42. The van der Waals surface area contributed by atoms with E-state index in [0.717, 1.165) is 55.3 Å². The molecule has 6 aromatic carbocycles. The molecule has 194 valence electrons. The Kier molecular flexibility index (Phi) is 5.44. The highest BCUT2D eigenvalue weighted by molar-refractivity contribution is 7.25. The van der Waals surface area contributed by atoms with Gasteiger partial charge in [-0.15, -0.1) is 11.3 Å². The highest BCUT2D eigenvalue weighted by atomic mass is 32.1. The summed E-state index contributed by atoms with van der Waals surface area (Å²) in [7, 11) is 0. The summed E-state index contributed by atoms with van der Waals surface area (Å²) in [4.78, 5) is 0. The zero-order valence-corrected chi connectivity index (χ0v) is 23.1. The monoisotopic (exact) mass is 552 g/mol. The van der Waals surface area contributed by atoms with Crippen molar-refractivity contribution in [2.75, 3.05) is 0 Å². The van der Waals surface area contributed by atoms with Gasteiger partial charge in [0.15, 0.2) is 0 Å². The summed E-state index contributed by atoms with van der Waals surface area (Å²) >= 11 is 1.80. The van der Waals surface area contributed by atoms with E-state index < -0.39 is 0 Å². The number of rotatable bonds is 3. The van der Waals surface area contributed by atoms with E-state index in [4.69, 9.17) is 4.42 Å². The maximum atomic E-state index is 10.1. The standard InChI is InChI=1S/C38H20N2OS/c39-21-23-15-18-34-33(19-23)30-12-5-10-27(38(30)41-34)24-16-17-28(32(20-24)26-8-2-1-7-25(26)22-40)29-11-6-14-36-37(29)31-9-3-4-13-35(31)42-36/h1-20H. The topological polar surface area (TPSA) is 60.7 Å². The Morgan fingerprint density at radius 2 is 1.29 bits per heavy atom. The molecule has 0 aliphatic rings. The van der Waals surface area contributed by atoms with Gasteiger partial charge in [0.25, 0.3) is 0 Å². The predicted molar refractivity (Wildman–Crippen MR) is 172 cm³/mol. The van der Waals surface area contributed by atoms with Crippen LogP contribution in [0.5, 0.6) is 0 Å². The first kappa shape index (κ1) is 24.1. The van der Waals surface area contributed by atoms with Crippen LogP contribution in [0.25, 0.3) is 75.5 Å². The summed E-state index contributed by atoms with van der Waals surface area (Å²) in [6, 6.07) is 45.6. The average molecular weight is 553 g/mol. The fourth-order valence-corrected chi connectivity index (χ4v) is 7.21. The Morgan fingerprint density at radius 3 is 2.19 bits per heavy atom.